The van der Waals surface area contributed by atoms with Crippen LogP contribution >= 0.6 is 0 Å². The van der Waals surface area contributed by atoms with Crippen molar-refractivity contribution >= 4 is 11.4 Å². The minimum absolute atomic E-state index is 0.136. The number of aliphatic hydroxyl groups is 1. The van der Waals surface area contributed by atoms with E-state index in [1.807, 2.05) is 13.8 Å². The number of nitrogens with one attached hydrogen (secondary N) is 1. The van der Waals surface area contributed by atoms with Crippen molar-refractivity contribution in [2.45, 2.75) is 26.4 Å². The first kappa shape index (κ1) is 13.7. The van der Waals surface area contributed by atoms with Gasteiger partial charge in [0.1, 0.15) is 5.82 Å². The molecule has 0 amide bonds. The van der Waals surface area contributed by atoms with Crippen molar-refractivity contribution in [1.29, 1.82) is 0 Å². The Balaban J connectivity index is 2.63. The van der Waals surface area contributed by atoms with Crippen molar-refractivity contribution in [3.8, 4) is 0 Å². The zero-order chi connectivity index (χ0) is 13.0. The fourth-order valence-electron chi connectivity index (χ4n) is 1.59. The fraction of sp³-hybridized carbons (Fsp3) is 0.500. The highest BCUT2D eigenvalue weighted by Crippen LogP contribution is 2.23. The minimum atomic E-state index is -0.800. The number of hydrogen-bond donors (Lipinski definition) is 3. The van der Waals surface area contributed by atoms with Crippen LogP contribution in [0, 0.1) is 17.6 Å². The first-order chi connectivity index (χ1) is 7.90. The molecule has 17 heavy (non-hydrogen) atoms. The molecule has 0 aliphatic carbocycles. The summed E-state index contributed by atoms with van der Waals surface area (Å²) in [5.41, 5.74) is 5.49. The van der Waals surface area contributed by atoms with Crippen LogP contribution in [0.3, 0.4) is 0 Å². The van der Waals surface area contributed by atoms with Gasteiger partial charge in [-0.15, -0.1) is 0 Å². The van der Waals surface area contributed by atoms with E-state index in [0.717, 1.165) is 12.1 Å². The van der Waals surface area contributed by atoms with E-state index in [9.17, 15) is 13.9 Å². The third kappa shape index (κ3) is 4.19. The number of anilines is 2. The van der Waals surface area contributed by atoms with Gasteiger partial charge in [-0.1, -0.05) is 13.8 Å². The number of benzene rings is 1. The summed E-state index contributed by atoms with van der Waals surface area (Å²) < 4.78 is 26.1. The summed E-state index contributed by atoms with van der Waals surface area (Å²) in [5.74, 6) is -1.14. The predicted octanol–water partition coefficient (Wildman–Crippen LogP) is 2.37. The summed E-state index contributed by atoms with van der Waals surface area (Å²) >= 11 is 0. The maximum Gasteiger partial charge on any atom is 0.151 e. The monoisotopic (exact) mass is 244 g/mol. The van der Waals surface area contributed by atoms with Gasteiger partial charge in [0.15, 0.2) is 5.82 Å². The fourth-order valence-corrected chi connectivity index (χ4v) is 1.59. The molecular formula is C12H18F2N2O. The second kappa shape index (κ2) is 5.82. The molecule has 0 aromatic heterocycles. The first-order valence-electron chi connectivity index (χ1n) is 5.56. The Hall–Kier alpha value is -1.36. The van der Waals surface area contributed by atoms with Gasteiger partial charge in [0.25, 0.3) is 0 Å². The summed E-state index contributed by atoms with van der Waals surface area (Å²) in [5, 5.41) is 12.4. The molecule has 1 rings (SSSR count). The molecule has 1 unspecified atom stereocenters. The SMILES string of the molecule is CC(C)CC(O)CNc1cc(F)cc(F)c1N. The molecule has 0 heterocycles. The topological polar surface area (TPSA) is 58.3 Å². The molecule has 4 N–H and O–H groups in total. The zero-order valence-electron chi connectivity index (χ0n) is 10.0. The van der Waals surface area contributed by atoms with Gasteiger partial charge in [-0.3, -0.25) is 0 Å². The van der Waals surface area contributed by atoms with Gasteiger partial charge in [0, 0.05) is 12.6 Å². The van der Waals surface area contributed by atoms with Gasteiger partial charge < -0.3 is 16.2 Å². The Morgan fingerprint density at radius 3 is 2.59 bits per heavy atom. The van der Waals surface area contributed by atoms with E-state index in [0.29, 0.717) is 12.3 Å². The Bertz CT molecular complexity index is 383. The van der Waals surface area contributed by atoms with Crippen molar-refractivity contribution in [3.05, 3.63) is 23.8 Å². The molecule has 0 radical (unpaired) electrons. The average Bonchev–Trinajstić information content (AvgIpc) is 2.20. The predicted molar refractivity (Wildman–Crippen MR) is 64.7 cm³/mol. The van der Waals surface area contributed by atoms with Crippen LogP contribution < -0.4 is 11.1 Å². The molecular weight excluding hydrogens is 226 g/mol. The largest absolute Gasteiger partial charge is 0.395 e. The van der Waals surface area contributed by atoms with Crippen LogP contribution in [0.15, 0.2) is 12.1 Å². The lowest BCUT2D eigenvalue weighted by atomic mass is 10.1. The standard InChI is InChI=1S/C12H18F2N2O/c1-7(2)3-9(17)6-16-11-5-8(13)4-10(14)12(11)15/h4-5,7,9,16-17H,3,6,15H2,1-2H3. The third-order valence-electron chi connectivity index (χ3n) is 2.37. The molecule has 0 aliphatic rings. The van der Waals surface area contributed by atoms with Gasteiger partial charge in [0.2, 0.25) is 0 Å². The molecule has 0 saturated carbocycles. The van der Waals surface area contributed by atoms with E-state index in [1.54, 1.807) is 0 Å². The van der Waals surface area contributed by atoms with E-state index in [4.69, 9.17) is 5.73 Å². The summed E-state index contributed by atoms with van der Waals surface area (Å²) in [6.45, 7) is 4.18. The van der Waals surface area contributed by atoms with Crippen LogP contribution in [0.25, 0.3) is 0 Å². The second-order valence-corrected chi connectivity index (χ2v) is 4.51. The summed E-state index contributed by atoms with van der Waals surface area (Å²) in [7, 11) is 0. The lowest BCUT2D eigenvalue weighted by Gasteiger charge is -2.16. The molecule has 0 spiro atoms. The van der Waals surface area contributed by atoms with Gasteiger partial charge >= 0.3 is 0 Å². The molecule has 96 valence electrons. The maximum atomic E-state index is 13.1. The number of nitrogen functional groups attached to an aromatic ring is 1. The van der Waals surface area contributed by atoms with Crippen molar-refractivity contribution in [2.24, 2.45) is 5.92 Å². The summed E-state index contributed by atoms with van der Waals surface area (Å²) in [4.78, 5) is 0. The van der Waals surface area contributed by atoms with Crippen LogP contribution in [0.5, 0.6) is 0 Å². The highest BCUT2D eigenvalue weighted by Gasteiger charge is 2.11. The van der Waals surface area contributed by atoms with Crippen LogP contribution in [-0.2, 0) is 0 Å². The minimum Gasteiger partial charge on any atom is -0.395 e. The molecule has 0 fully saturated rings. The number of aliphatic hydroxyl groups excluding tert-OH is 1. The lowest BCUT2D eigenvalue weighted by molar-refractivity contribution is 0.161. The average molecular weight is 244 g/mol. The van der Waals surface area contributed by atoms with E-state index >= 15 is 0 Å². The molecule has 1 aromatic carbocycles. The first-order valence-corrected chi connectivity index (χ1v) is 5.56. The van der Waals surface area contributed by atoms with Crippen LogP contribution in [-0.4, -0.2) is 17.8 Å². The van der Waals surface area contributed by atoms with Gasteiger partial charge in [-0.05, 0) is 18.4 Å². The molecule has 5 heteroatoms. The molecule has 1 atom stereocenters. The van der Waals surface area contributed by atoms with Gasteiger partial charge in [-0.25, -0.2) is 8.78 Å². The van der Waals surface area contributed by atoms with Gasteiger partial charge in [0.05, 0.1) is 17.5 Å². The molecule has 1 aromatic rings. The Kier molecular flexibility index (Phi) is 4.69. The van der Waals surface area contributed by atoms with E-state index < -0.39 is 17.7 Å². The quantitative estimate of drug-likeness (QED) is 0.697. The van der Waals surface area contributed by atoms with Crippen LogP contribution in [0.2, 0.25) is 0 Å². The normalized spacial score (nSPS) is 12.8. The lowest BCUT2D eigenvalue weighted by Crippen LogP contribution is -2.21. The van der Waals surface area contributed by atoms with Crippen molar-refractivity contribution in [3.63, 3.8) is 0 Å². The third-order valence-corrected chi connectivity index (χ3v) is 2.37. The summed E-state index contributed by atoms with van der Waals surface area (Å²) in [6, 6.07) is 1.84. The molecule has 0 bridgehead atoms. The number of halogens is 2. The van der Waals surface area contributed by atoms with Crippen LogP contribution in [0.1, 0.15) is 20.3 Å². The van der Waals surface area contributed by atoms with Crippen molar-refractivity contribution in [2.75, 3.05) is 17.6 Å². The van der Waals surface area contributed by atoms with Crippen molar-refractivity contribution < 1.29 is 13.9 Å². The van der Waals surface area contributed by atoms with Crippen molar-refractivity contribution in [1.82, 2.24) is 0 Å². The summed E-state index contributed by atoms with van der Waals surface area (Å²) in [6.07, 6.45) is 0.0470. The Morgan fingerprint density at radius 1 is 1.35 bits per heavy atom. The van der Waals surface area contributed by atoms with Crippen LogP contribution in [0.4, 0.5) is 20.2 Å². The number of rotatable bonds is 5. The van der Waals surface area contributed by atoms with Gasteiger partial charge in [-0.2, -0.15) is 0 Å². The molecule has 3 nitrogen and oxygen atoms in total. The molecule has 0 aliphatic heterocycles. The smallest absolute Gasteiger partial charge is 0.151 e. The highest BCUT2D eigenvalue weighted by molar-refractivity contribution is 5.66. The Labute approximate surface area is 99.6 Å². The second-order valence-electron chi connectivity index (χ2n) is 4.51. The van der Waals surface area contributed by atoms with E-state index in [2.05, 4.69) is 5.32 Å². The maximum absolute atomic E-state index is 13.1. The van der Waals surface area contributed by atoms with E-state index in [-0.39, 0.29) is 17.9 Å². The zero-order valence-corrected chi connectivity index (χ0v) is 10.0. The number of nitrogens with two attached hydrogens (primary N) is 1. The highest BCUT2D eigenvalue weighted by atomic mass is 19.1. The molecule has 0 saturated heterocycles. The Morgan fingerprint density at radius 2 is 2.00 bits per heavy atom. The number of hydrogen-bond acceptors (Lipinski definition) is 3. The van der Waals surface area contributed by atoms with E-state index in [1.165, 1.54) is 0 Å².